The number of likely N-dealkylation sites (N-methyl/N-ethyl adjacent to an activating group) is 1. The average Bonchev–Trinajstić information content (AvgIpc) is 2.84. The van der Waals surface area contributed by atoms with Crippen molar-refractivity contribution in [2.24, 2.45) is 5.92 Å². The van der Waals surface area contributed by atoms with E-state index in [0.29, 0.717) is 16.5 Å². The topological polar surface area (TPSA) is 12.0 Å². The molecule has 0 spiro atoms. The van der Waals surface area contributed by atoms with Crippen molar-refractivity contribution in [1.82, 2.24) is 5.32 Å². The van der Waals surface area contributed by atoms with Gasteiger partial charge in [-0.1, -0.05) is 18.5 Å². The molecule has 0 saturated heterocycles. The van der Waals surface area contributed by atoms with Crippen LogP contribution in [0.3, 0.4) is 0 Å². The van der Waals surface area contributed by atoms with Crippen LogP contribution < -0.4 is 5.32 Å². The van der Waals surface area contributed by atoms with Gasteiger partial charge in [0.15, 0.2) is 0 Å². The highest BCUT2D eigenvalue weighted by Crippen LogP contribution is 2.55. The van der Waals surface area contributed by atoms with Gasteiger partial charge in [0, 0.05) is 17.0 Å². The lowest BCUT2D eigenvalue weighted by Crippen LogP contribution is -2.26. The van der Waals surface area contributed by atoms with Crippen LogP contribution in [0.4, 0.5) is 4.39 Å². The molecular formula is C13H17ClFN. The van der Waals surface area contributed by atoms with Gasteiger partial charge >= 0.3 is 0 Å². The molecule has 1 aliphatic carbocycles. The first-order valence-corrected chi connectivity index (χ1v) is 6.00. The van der Waals surface area contributed by atoms with Crippen LogP contribution in [-0.2, 0) is 5.41 Å². The van der Waals surface area contributed by atoms with Gasteiger partial charge in [0.1, 0.15) is 5.82 Å². The highest BCUT2D eigenvalue weighted by molar-refractivity contribution is 6.31. The second-order valence-electron chi connectivity index (χ2n) is 4.87. The fourth-order valence-corrected chi connectivity index (χ4v) is 2.95. The van der Waals surface area contributed by atoms with Gasteiger partial charge in [-0.2, -0.15) is 0 Å². The Kier molecular flexibility index (Phi) is 2.97. The summed E-state index contributed by atoms with van der Waals surface area (Å²) < 4.78 is 13.6. The monoisotopic (exact) mass is 241 g/mol. The van der Waals surface area contributed by atoms with E-state index < -0.39 is 0 Å². The van der Waals surface area contributed by atoms with Gasteiger partial charge in [-0.25, -0.2) is 4.39 Å². The number of rotatable bonds is 3. The van der Waals surface area contributed by atoms with Gasteiger partial charge in [0.05, 0.1) is 0 Å². The zero-order valence-electron chi connectivity index (χ0n) is 9.90. The Hall–Kier alpha value is -0.600. The summed E-state index contributed by atoms with van der Waals surface area (Å²) >= 11 is 6.23. The molecule has 2 atom stereocenters. The molecule has 1 saturated carbocycles. The van der Waals surface area contributed by atoms with Crippen molar-refractivity contribution >= 4 is 11.6 Å². The van der Waals surface area contributed by atoms with Crippen LogP contribution >= 0.6 is 11.6 Å². The van der Waals surface area contributed by atoms with E-state index in [1.54, 1.807) is 19.1 Å². The van der Waals surface area contributed by atoms with Gasteiger partial charge < -0.3 is 5.32 Å². The highest BCUT2D eigenvalue weighted by Gasteiger charge is 2.52. The molecule has 0 heterocycles. The Labute approximate surface area is 101 Å². The van der Waals surface area contributed by atoms with Crippen LogP contribution in [0.5, 0.6) is 0 Å². The minimum absolute atomic E-state index is 0.0420. The summed E-state index contributed by atoms with van der Waals surface area (Å²) in [6.45, 7) is 4.79. The van der Waals surface area contributed by atoms with Crippen molar-refractivity contribution < 1.29 is 4.39 Å². The van der Waals surface area contributed by atoms with E-state index in [2.05, 4.69) is 12.2 Å². The van der Waals surface area contributed by atoms with Crippen molar-refractivity contribution in [3.63, 3.8) is 0 Å². The third-order valence-electron chi connectivity index (χ3n) is 3.73. The second-order valence-corrected chi connectivity index (χ2v) is 5.28. The molecule has 1 fully saturated rings. The number of nitrogens with one attached hydrogen (secondary N) is 1. The normalized spacial score (nSPS) is 28.2. The predicted octanol–water partition coefficient (Wildman–Crippen LogP) is 3.28. The highest BCUT2D eigenvalue weighted by atomic mass is 35.5. The minimum Gasteiger partial charge on any atom is -0.319 e. The van der Waals surface area contributed by atoms with E-state index in [4.69, 9.17) is 11.6 Å². The molecule has 1 nitrogen and oxygen atoms in total. The number of hydrogen-bond acceptors (Lipinski definition) is 1. The van der Waals surface area contributed by atoms with Crippen molar-refractivity contribution in [3.8, 4) is 0 Å². The largest absolute Gasteiger partial charge is 0.319 e. The fourth-order valence-electron chi connectivity index (χ4n) is 2.55. The molecule has 2 rings (SSSR count). The lowest BCUT2D eigenvalue weighted by molar-refractivity contribution is 0.567. The Morgan fingerprint density at radius 2 is 2.19 bits per heavy atom. The molecule has 0 aromatic heterocycles. The number of halogens is 2. The fraction of sp³-hybridized carbons (Fsp3) is 0.538. The van der Waals surface area contributed by atoms with Gasteiger partial charge in [-0.15, -0.1) is 0 Å². The molecule has 16 heavy (non-hydrogen) atoms. The second kappa shape index (κ2) is 4.01. The zero-order valence-corrected chi connectivity index (χ0v) is 10.7. The molecule has 1 aromatic rings. The summed E-state index contributed by atoms with van der Waals surface area (Å²) in [5.74, 6) is 0.411. The summed E-state index contributed by atoms with van der Waals surface area (Å²) in [5.41, 5.74) is 1.61. The molecule has 1 aromatic carbocycles. The van der Waals surface area contributed by atoms with E-state index in [1.807, 2.05) is 7.05 Å². The molecule has 0 radical (unpaired) electrons. The van der Waals surface area contributed by atoms with Crippen LogP contribution in [0, 0.1) is 18.7 Å². The average molecular weight is 242 g/mol. The smallest absolute Gasteiger partial charge is 0.126 e. The van der Waals surface area contributed by atoms with Crippen LogP contribution in [0.15, 0.2) is 12.1 Å². The van der Waals surface area contributed by atoms with E-state index in [9.17, 15) is 4.39 Å². The van der Waals surface area contributed by atoms with E-state index in [1.165, 1.54) is 0 Å². The maximum Gasteiger partial charge on any atom is 0.126 e. The number of aryl methyl sites for hydroxylation is 1. The standard InChI is InChI=1S/C13H17ClFN/c1-8-4-11(14)10(5-12(8)15)13(7-16-3)6-9(13)2/h4-5,9,16H,6-7H2,1-3H3. The van der Waals surface area contributed by atoms with Gasteiger partial charge in [0.2, 0.25) is 0 Å². The molecular weight excluding hydrogens is 225 g/mol. The third-order valence-corrected chi connectivity index (χ3v) is 4.04. The summed E-state index contributed by atoms with van der Waals surface area (Å²) in [7, 11) is 1.92. The zero-order chi connectivity index (χ0) is 11.9. The molecule has 0 amide bonds. The summed E-state index contributed by atoms with van der Waals surface area (Å²) in [6, 6.07) is 3.34. The lowest BCUT2D eigenvalue weighted by Gasteiger charge is -2.19. The molecule has 1 N–H and O–H groups in total. The molecule has 1 aliphatic rings. The maximum atomic E-state index is 13.6. The first kappa shape index (κ1) is 11.9. The van der Waals surface area contributed by atoms with Crippen LogP contribution in [0.2, 0.25) is 5.02 Å². The Morgan fingerprint density at radius 3 is 2.69 bits per heavy atom. The molecule has 0 bridgehead atoms. The van der Waals surface area contributed by atoms with E-state index in [-0.39, 0.29) is 11.2 Å². The summed E-state index contributed by atoms with van der Waals surface area (Å²) in [4.78, 5) is 0. The lowest BCUT2D eigenvalue weighted by atomic mass is 9.92. The minimum atomic E-state index is -0.158. The maximum absolute atomic E-state index is 13.6. The Bertz CT molecular complexity index is 419. The Balaban J connectivity index is 2.44. The van der Waals surface area contributed by atoms with Crippen molar-refractivity contribution in [2.45, 2.75) is 25.7 Å². The summed E-state index contributed by atoms with van der Waals surface area (Å²) in [6.07, 6.45) is 1.08. The number of hydrogen-bond donors (Lipinski definition) is 1. The number of benzene rings is 1. The van der Waals surface area contributed by atoms with E-state index in [0.717, 1.165) is 18.5 Å². The van der Waals surface area contributed by atoms with Gasteiger partial charge in [-0.3, -0.25) is 0 Å². The quantitative estimate of drug-likeness (QED) is 0.857. The van der Waals surface area contributed by atoms with Gasteiger partial charge in [-0.05, 0) is 49.6 Å². The van der Waals surface area contributed by atoms with Crippen molar-refractivity contribution in [3.05, 3.63) is 34.1 Å². The van der Waals surface area contributed by atoms with Gasteiger partial charge in [0.25, 0.3) is 0 Å². The van der Waals surface area contributed by atoms with Crippen molar-refractivity contribution in [2.75, 3.05) is 13.6 Å². The van der Waals surface area contributed by atoms with E-state index >= 15 is 0 Å². The molecule has 0 aliphatic heterocycles. The molecule has 2 unspecified atom stereocenters. The molecule has 88 valence electrons. The first-order chi connectivity index (χ1) is 7.51. The summed E-state index contributed by atoms with van der Waals surface area (Å²) in [5, 5.41) is 3.87. The van der Waals surface area contributed by atoms with Crippen LogP contribution in [-0.4, -0.2) is 13.6 Å². The van der Waals surface area contributed by atoms with Crippen molar-refractivity contribution in [1.29, 1.82) is 0 Å². The predicted molar refractivity (Wildman–Crippen MR) is 65.5 cm³/mol. The van der Waals surface area contributed by atoms with Crippen LogP contribution in [0.1, 0.15) is 24.5 Å². The Morgan fingerprint density at radius 1 is 1.56 bits per heavy atom. The molecule has 3 heteroatoms. The SMILES string of the molecule is CNCC1(c2cc(F)c(C)cc2Cl)CC1C. The third kappa shape index (κ3) is 1.74. The van der Waals surface area contributed by atoms with Crippen LogP contribution in [0.25, 0.3) is 0 Å². The first-order valence-electron chi connectivity index (χ1n) is 5.62.